The monoisotopic (exact) mass is 390 g/mol. The highest BCUT2D eigenvalue weighted by atomic mass is 19.1. The Labute approximate surface area is 167 Å². The van der Waals surface area contributed by atoms with E-state index in [1.165, 1.54) is 25.4 Å². The molecule has 0 aliphatic heterocycles. The highest BCUT2D eigenvalue weighted by Crippen LogP contribution is 2.19. The van der Waals surface area contributed by atoms with E-state index in [0.29, 0.717) is 11.3 Å². The number of pyridine rings is 2. The lowest BCUT2D eigenvalue weighted by atomic mass is 10.1. The standard InChI is InChI=1S/C11H10FN.C8H10FNO.2C2H6/c1-7-3-4-9-5-6-10(12)8(2)11(9)13-7;1-3-7-8(11-2)4-6(9)5-10-7;2*1-2/h3-6H,1-2H3;4-5H,3H2,1-2H3;2*1-2H3. The molecule has 0 fully saturated rings. The van der Waals surface area contributed by atoms with Crippen molar-refractivity contribution in [3.63, 3.8) is 0 Å². The number of benzene rings is 1. The average Bonchev–Trinajstić information content (AvgIpc) is 2.74. The van der Waals surface area contributed by atoms with E-state index in [0.717, 1.165) is 28.7 Å². The zero-order valence-electron chi connectivity index (χ0n) is 18.2. The van der Waals surface area contributed by atoms with E-state index in [-0.39, 0.29) is 11.6 Å². The maximum Gasteiger partial charge on any atom is 0.145 e. The Balaban J connectivity index is 0.000000447. The molecule has 0 aliphatic rings. The number of halogens is 2. The first-order chi connectivity index (χ1) is 13.5. The Morgan fingerprint density at radius 3 is 2.14 bits per heavy atom. The normalized spacial score (nSPS) is 9.21. The molecule has 28 heavy (non-hydrogen) atoms. The van der Waals surface area contributed by atoms with Crippen LogP contribution < -0.4 is 4.74 Å². The van der Waals surface area contributed by atoms with Gasteiger partial charge >= 0.3 is 0 Å². The maximum absolute atomic E-state index is 13.1. The molecular weight excluding hydrogens is 358 g/mol. The van der Waals surface area contributed by atoms with Gasteiger partial charge in [0.1, 0.15) is 17.4 Å². The molecule has 3 rings (SSSR count). The Morgan fingerprint density at radius 1 is 0.964 bits per heavy atom. The molecule has 154 valence electrons. The Bertz CT molecular complexity index is 846. The summed E-state index contributed by atoms with van der Waals surface area (Å²) in [6.07, 6.45) is 1.95. The fourth-order valence-corrected chi connectivity index (χ4v) is 2.29. The van der Waals surface area contributed by atoms with Gasteiger partial charge in [-0.25, -0.2) is 8.78 Å². The molecule has 2 aromatic heterocycles. The number of hydrogen-bond acceptors (Lipinski definition) is 3. The zero-order valence-corrected chi connectivity index (χ0v) is 18.2. The third kappa shape index (κ3) is 7.22. The van der Waals surface area contributed by atoms with Gasteiger partial charge in [0.05, 0.1) is 24.5 Å². The van der Waals surface area contributed by atoms with Crippen molar-refractivity contribution >= 4 is 10.9 Å². The summed E-state index contributed by atoms with van der Waals surface area (Å²) in [5.41, 5.74) is 3.09. The zero-order chi connectivity index (χ0) is 21.7. The second-order valence-corrected chi connectivity index (χ2v) is 5.35. The lowest BCUT2D eigenvalue weighted by molar-refractivity contribution is 0.403. The molecular formula is C23H32F2N2O. The molecule has 3 nitrogen and oxygen atoms in total. The SMILES string of the molecule is CC.CC.CCc1ncc(F)cc1OC.Cc1ccc2ccc(F)c(C)c2n1. The Kier molecular flexibility index (Phi) is 12.3. The Morgan fingerprint density at radius 2 is 1.57 bits per heavy atom. The van der Waals surface area contributed by atoms with Crippen LogP contribution in [0.4, 0.5) is 8.78 Å². The summed E-state index contributed by atoms with van der Waals surface area (Å²) in [4.78, 5) is 8.16. The van der Waals surface area contributed by atoms with Crippen LogP contribution in [0, 0.1) is 25.5 Å². The second-order valence-electron chi connectivity index (χ2n) is 5.35. The van der Waals surface area contributed by atoms with Gasteiger partial charge in [-0.1, -0.05) is 40.7 Å². The van der Waals surface area contributed by atoms with Crippen molar-refractivity contribution in [1.29, 1.82) is 0 Å². The van der Waals surface area contributed by atoms with Crippen molar-refractivity contribution in [2.75, 3.05) is 7.11 Å². The summed E-state index contributed by atoms with van der Waals surface area (Å²) in [7, 11) is 1.51. The van der Waals surface area contributed by atoms with Gasteiger partial charge in [0, 0.05) is 22.7 Å². The molecule has 1 aromatic carbocycles. The summed E-state index contributed by atoms with van der Waals surface area (Å²) < 4.78 is 30.6. The number of rotatable bonds is 2. The second kappa shape index (κ2) is 13.6. The van der Waals surface area contributed by atoms with Crippen molar-refractivity contribution in [2.24, 2.45) is 0 Å². The third-order valence-electron chi connectivity index (χ3n) is 3.64. The minimum absolute atomic E-state index is 0.189. The number of aromatic nitrogens is 2. The smallest absolute Gasteiger partial charge is 0.145 e. The van der Waals surface area contributed by atoms with Crippen LogP contribution in [0.15, 0.2) is 36.5 Å². The Hall–Kier alpha value is -2.56. The average molecular weight is 391 g/mol. The van der Waals surface area contributed by atoms with E-state index >= 15 is 0 Å². The fourth-order valence-electron chi connectivity index (χ4n) is 2.29. The molecule has 0 aliphatic carbocycles. The molecule has 0 N–H and O–H groups in total. The van der Waals surface area contributed by atoms with Crippen LogP contribution >= 0.6 is 0 Å². The van der Waals surface area contributed by atoms with Gasteiger partial charge < -0.3 is 4.74 Å². The number of fused-ring (bicyclic) bond motifs is 1. The topological polar surface area (TPSA) is 35.0 Å². The molecule has 0 radical (unpaired) electrons. The summed E-state index contributed by atoms with van der Waals surface area (Å²) in [5, 5.41) is 0.990. The fraction of sp³-hybridized carbons (Fsp3) is 0.391. The molecule has 3 aromatic rings. The molecule has 0 bridgehead atoms. The molecule has 0 saturated carbocycles. The first kappa shape index (κ1) is 25.4. The van der Waals surface area contributed by atoms with Crippen molar-refractivity contribution in [1.82, 2.24) is 9.97 Å². The van der Waals surface area contributed by atoms with E-state index < -0.39 is 0 Å². The summed E-state index contributed by atoms with van der Waals surface area (Å²) in [6, 6.07) is 8.47. The van der Waals surface area contributed by atoms with Crippen LogP contribution in [-0.2, 0) is 6.42 Å². The number of hydrogen-bond donors (Lipinski definition) is 0. The number of aryl methyl sites for hydroxylation is 3. The van der Waals surface area contributed by atoms with Gasteiger partial charge in [-0.2, -0.15) is 0 Å². The van der Waals surface area contributed by atoms with Crippen molar-refractivity contribution < 1.29 is 13.5 Å². The van der Waals surface area contributed by atoms with Crippen molar-refractivity contribution in [2.45, 2.75) is 54.9 Å². The molecule has 2 heterocycles. The molecule has 0 unspecified atom stereocenters. The predicted molar refractivity (Wildman–Crippen MR) is 114 cm³/mol. The number of methoxy groups -OCH3 is 1. The van der Waals surface area contributed by atoms with Crippen LogP contribution in [0.25, 0.3) is 10.9 Å². The van der Waals surface area contributed by atoms with Gasteiger partial charge in [-0.15, -0.1) is 0 Å². The minimum atomic E-state index is -0.362. The van der Waals surface area contributed by atoms with Crippen molar-refractivity contribution in [3.05, 3.63) is 65.1 Å². The van der Waals surface area contributed by atoms with Gasteiger partial charge in [-0.05, 0) is 38.5 Å². The predicted octanol–water partition coefficient (Wildman–Crippen LogP) is 6.83. The van der Waals surface area contributed by atoms with Crippen LogP contribution in [0.2, 0.25) is 0 Å². The van der Waals surface area contributed by atoms with Crippen LogP contribution in [0.3, 0.4) is 0 Å². The van der Waals surface area contributed by atoms with Crippen molar-refractivity contribution in [3.8, 4) is 5.75 Å². The molecule has 0 saturated heterocycles. The van der Waals surface area contributed by atoms with Crippen LogP contribution in [0.5, 0.6) is 5.75 Å². The largest absolute Gasteiger partial charge is 0.495 e. The third-order valence-corrected chi connectivity index (χ3v) is 3.64. The van der Waals surface area contributed by atoms with Gasteiger partial charge in [0.15, 0.2) is 0 Å². The van der Waals surface area contributed by atoms with Crippen LogP contribution in [0.1, 0.15) is 51.6 Å². The van der Waals surface area contributed by atoms with E-state index in [1.54, 1.807) is 13.0 Å². The lowest BCUT2D eigenvalue weighted by Gasteiger charge is -2.03. The van der Waals surface area contributed by atoms with Gasteiger partial charge in [-0.3, -0.25) is 9.97 Å². The van der Waals surface area contributed by atoms with E-state index in [4.69, 9.17) is 4.74 Å². The summed E-state index contributed by atoms with van der Waals surface area (Å²) >= 11 is 0. The first-order valence-corrected chi connectivity index (χ1v) is 9.67. The number of nitrogens with zero attached hydrogens (tertiary/aromatic N) is 2. The van der Waals surface area contributed by atoms with E-state index in [9.17, 15) is 8.78 Å². The van der Waals surface area contributed by atoms with E-state index in [2.05, 4.69) is 9.97 Å². The van der Waals surface area contributed by atoms with E-state index in [1.807, 2.05) is 53.7 Å². The van der Waals surface area contributed by atoms with Crippen LogP contribution in [-0.4, -0.2) is 17.1 Å². The first-order valence-electron chi connectivity index (χ1n) is 9.67. The molecule has 5 heteroatoms. The number of ether oxygens (including phenoxy) is 1. The highest BCUT2D eigenvalue weighted by molar-refractivity contribution is 5.81. The highest BCUT2D eigenvalue weighted by Gasteiger charge is 2.04. The van der Waals surface area contributed by atoms with Gasteiger partial charge in [0.2, 0.25) is 0 Å². The molecule has 0 amide bonds. The lowest BCUT2D eigenvalue weighted by Crippen LogP contribution is -1.94. The molecule has 0 spiro atoms. The summed E-state index contributed by atoms with van der Waals surface area (Å²) in [5.74, 6) is -0.0304. The summed E-state index contributed by atoms with van der Waals surface area (Å²) in [6.45, 7) is 13.6. The van der Waals surface area contributed by atoms with Gasteiger partial charge in [0.25, 0.3) is 0 Å². The minimum Gasteiger partial charge on any atom is -0.495 e. The molecule has 0 atom stereocenters. The maximum atomic E-state index is 13.1. The quantitative estimate of drug-likeness (QED) is 0.481.